The summed E-state index contributed by atoms with van der Waals surface area (Å²) in [6.07, 6.45) is 2.61. The lowest BCUT2D eigenvalue weighted by Gasteiger charge is -2.06. The fraction of sp³-hybridized carbons (Fsp3) is 0.182. The van der Waals surface area contributed by atoms with Gasteiger partial charge in [-0.2, -0.15) is 10.4 Å². The van der Waals surface area contributed by atoms with Crippen LogP contribution >= 0.6 is 0 Å². The van der Waals surface area contributed by atoms with Gasteiger partial charge in [-0.15, -0.1) is 0 Å². The molecular formula is C22H21N5O2. The summed E-state index contributed by atoms with van der Waals surface area (Å²) in [7, 11) is 0. The molecule has 0 fully saturated rings. The van der Waals surface area contributed by atoms with Crippen LogP contribution in [0.2, 0.25) is 0 Å². The number of nitrogens with zero attached hydrogens (tertiary/aromatic N) is 3. The third kappa shape index (κ3) is 5.37. The summed E-state index contributed by atoms with van der Waals surface area (Å²) in [5.41, 5.74) is 5.10. The molecule has 0 unspecified atom stereocenters. The van der Waals surface area contributed by atoms with Gasteiger partial charge < -0.3 is 4.74 Å². The molecule has 0 aliphatic heterocycles. The van der Waals surface area contributed by atoms with Gasteiger partial charge in [0.1, 0.15) is 11.6 Å². The number of nitrogens with one attached hydrogen (secondary N) is 2. The molecule has 0 aliphatic rings. The summed E-state index contributed by atoms with van der Waals surface area (Å²) in [6.45, 7) is 3.34. The van der Waals surface area contributed by atoms with E-state index in [0.29, 0.717) is 17.9 Å². The zero-order chi connectivity index (χ0) is 20.5. The van der Waals surface area contributed by atoms with Gasteiger partial charge in [0.25, 0.3) is 5.56 Å². The van der Waals surface area contributed by atoms with E-state index in [1.54, 1.807) is 18.3 Å². The third-order valence-electron chi connectivity index (χ3n) is 4.03. The molecule has 0 atom stereocenters. The van der Waals surface area contributed by atoms with Gasteiger partial charge in [-0.1, -0.05) is 55.5 Å². The van der Waals surface area contributed by atoms with E-state index in [9.17, 15) is 10.1 Å². The third-order valence-corrected chi connectivity index (χ3v) is 4.03. The van der Waals surface area contributed by atoms with Crippen LogP contribution < -0.4 is 11.0 Å². The number of anilines is 1. The minimum atomic E-state index is -0.519. The molecule has 0 saturated heterocycles. The second-order valence-electron chi connectivity index (χ2n) is 6.28. The maximum absolute atomic E-state index is 12.2. The molecule has 7 heteroatoms. The average molecular weight is 387 g/mol. The number of H-pyrrole nitrogens is 1. The molecular weight excluding hydrogens is 366 g/mol. The Balaban J connectivity index is 1.78. The highest BCUT2D eigenvalue weighted by Crippen LogP contribution is 2.19. The standard InChI is InChI=1S/C22H21N5O2/c1-2-11-29-15-17-8-6-7-16(12-17)14-24-27-22-25-20(18-9-4-3-5-10-18)19(13-23)21(28)26-22/h3-10,12,14H,2,11,15H2,1H3,(H2,25,26,27,28). The van der Waals surface area contributed by atoms with Crippen molar-refractivity contribution >= 4 is 12.2 Å². The molecule has 0 radical (unpaired) electrons. The molecule has 1 heterocycles. The Labute approximate surface area is 168 Å². The van der Waals surface area contributed by atoms with Crippen molar-refractivity contribution in [1.82, 2.24) is 9.97 Å². The predicted molar refractivity (Wildman–Crippen MR) is 113 cm³/mol. The average Bonchev–Trinajstić information content (AvgIpc) is 2.74. The SMILES string of the molecule is CCCOCc1cccc(C=NNc2nc(-c3ccccc3)c(C#N)c(=O)[nH]2)c1. The number of hydrogen-bond donors (Lipinski definition) is 2. The van der Waals surface area contributed by atoms with Gasteiger partial charge >= 0.3 is 0 Å². The molecule has 29 heavy (non-hydrogen) atoms. The van der Waals surface area contributed by atoms with Gasteiger partial charge in [0.05, 0.1) is 18.5 Å². The molecule has 2 aromatic carbocycles. The summed E-state index contributed by atoms with van der Waals surface area (Å²) in [4.78, 5) is 19.1. The first-order valence-electron chi connectivity index (χ1n) is 9.27. The van der Waals surface area contributed by atoms with Crippen LogP contribution in [-0.4, -0.2) is 22.8 Å². The van der Waals surface area contributed by atoms with E-state index >= 15 is 0 Å². The number of benzene rings is 2. The largest absolute Gasteiger partial charge is 0.377 e. The second kappa shape index (κ2) is 9.97. The van der Waals surface area contributed by atoms with Crippen LogP contribution in [0.4, 0.5) is 5.95 Å². The molecule has 0 amide bonds. The van der Waals surface area contributed by atoms with Crippen LogP contribution in [0.3, 0.4) is 0 Å². The highest BCUT2D eigenvalue weighted by molar-refractivity contribution is 5.80. The van der Waals surface area contributed by atoms with E-state index in [4.69, 9.17) is 4.74 Å². The summed E-state index contributed by atoms with van der Waals surface area (Å²) in [5, 5.41) is 13.5. The van der Waals surface area contributed by atoms with Crippen LogP contribution in [-0.2, 0) is 11.3 Å². The van der Waals surface area contributed by atoms with Gasteiger partial charge in [0.2, 0.25) is 5.95 Å². The lowest BCUT2D eigenvalue weighted by atomic mass is 10.1. The normalized spacial score (nSPS) is 10.8. The van der Waals surface area contributed by atoms with Crippen LogP contribution in [0.5, 0.6) is 0 Å². The molecule has 0 aliphatic carbocycles. The molecule has 7 nitrogen and oxygen atoms in total. The molecule has 146 valence electrons. The monoisotopic (exact) mass is 387 g/mol. The first kappa shape index (κ1) is 20.0. The molecule has 1 aromatic heterocycles. The van der Waals surface area contributed by atoms with E-state index in [1.807, 2.05) is 48.5 Å². The number of aromatic nitrogens is 2. The van der Waals surface area contributed by atoms with Crippen LogP contribution in [0.1, 0.15) is 30.0 Å². The van der Waals surface area contributed by atoms with E-state index in [2.05, 4.69) is 27.4 Å². The number of ether oxygens (including phenoxy) is 1. The molecule has 0 saturated carbocycles. The Morgan fingerprint density at radius 1 is 1.24 bits per heavy atom. The topological polar surface area (TPSA) is 103 Å². The van der Waals surface area contributed by atoms with E-state index in [0.717, 1.165) is 24.2 Å². The van der Waals surface area contributed by atoms with Crippen molar-refractivity contribution in [3.05, 3.63) is 81.6 Å². The number of hydrazone groups is 1. The number of rotatable bonds is 8. The molecule has 0 spiro atoms. The summed E-state index contributed by atoms with van der Waals surface area (Å²) in [5.74, 6) is 0.159. The summed E-state index contributed by atoms with van der Waals surface area (Å²) < 4.78 is 5.55. The first-order chi connectivity index (χ1) is 14.2. The zero-order valence-corrected chi connectivity index (χ0v) is 16.1. The Kier molecular flexibility index (Phi) is 6.87. The van der Waals surface area contributed by atoms with Gasteiger partial charge in [-0.3, -0.25) is 9.78 Å². The van der Waals surface area contributed by atoms with E-state index in [1.165, 1.54) is 0 Å². The van der Waals surface area contributed by atoms with Crippen molar-refractivity contribution in [2.24, 2.45) is 5.10 Å². The maximum Gasteiger partial charge on any atom is 0.270 e. The molecule has 3 rings (SSSR count). The summed E-state index contributed by atoms with van der Waals surface area (Å²) >= 11 is 0. The first-order valence-corrected chi connectivity index (χ1v) is 9.27. The van der Waals surface area contributed by atoms with Crippen LogP contribution in [0.15, 0.2) is 64.5 Å². The lowest BCUT2D eigenvalue weighted by Crippen LogP contribution is -2.16. The highest BCUT2D eigenvalue weighted by Gasteiger charge is 2.12. The van der Waals surface area contributed by atoms with Crippen molar-refractivity contribution in [2.75, 3.05) is 12.0 Å². The Morgan fingerprint density at radius 2 is 2.07 bits per heavy atom. The summed E-state index contributed by atoms with van der Waals surface area (Å²) in [6, 6.07) is 18.8. The van der Waals surface area contributed by atoms with Crippen molar-refractivity contribution in [1.29, 1.82) is 5.26 Å². The maximum atomic E-state index is 12.2. The van der Waals surface area contributed by atoms with E-state index < -0.39 is 5.56 Å². The molecule has 3 aromatic rings. The van der Waals surface area contributed by atoms with Crippen LogP contribution in [0, 0.1) is 11.3 Å². The Bertz CT molecular complexity index is 1080. The number of nitriles is 1. The van der Waals surface area contributed by atoms with E-state index in [-0.39, 0.29) is 11.5 Å². The van der Waals surface area contributed by atoms with Gasteiger partial charge in [0, 0.05) is 12.2 Å². The second-order valence-corrected chi connectivity index (χ2v) is 6.28. The minimum absolute atomic E-state index is 0.0366. The smallest absolute Gasteiger partial charge is 0.270 e. The highest BCUT2D eigenvalue weighted by atomic mass is 16.5. The number of hydrogen-bond acceptors (Lipinski definition) is 6. The Morgan fingerprint density at radius 3 is 2.83 bits per heavy atom. The van der Waals surface area contributed by atoms with Crippen molar-refractivity contribution in [3.8, 4) is 17.3 Å². The lowest BCUT2D eigenvalue weighted by molar-refractivity contribution is 0.121. The Hall–Kier alpha value is -3.76. The van der Waals surface area contributed by atoms with Gasteiger partial charge in [-0.25, -0.2) is 10.4 Å². The number of aromatic amines is 1. The van der Waals surface area contributed by atoms with Gasteiger partial charge in [-0.05, 0) is 23.6 Å². The van der Waals surface area contributed by atoms with Gasteiger partial charge in [0.15, 0.2) is 0 Å². The predicted octanol–water partition coefficient (Wildman–Crippen LogP) is 3.68. The van der Waals surface area contributed by atoms with Crippen molar-refractivity contribution in [2.45, 2.75) is 20.0 Å². The fourth-order valence-corrected chi connectivity index (χ4v) is 2.70. The quantitative estimate of drug-likeness (QED) is 0.349. The molecule has 2 N–H and O–H groups in total. The van der Waals surface area contributed by atoms with Crippen molar-refractivity contribution < 1.29 is 4.74 Å². The minimum Gasteiger partial charge on any atom is -0.377 e. The fourth-order valence-electron chi connectivity index (χ4n) is 2.70. The van der Waals surface area contributed by atoms with Crippen molar-refractivity contribution in [3.63, 3.8) is 0 Å². The zero-order valence-electron chi connectivity index (χ0n) is 16.1. The van der Waals surface area contributed by atoms with Crippen LogP contribution in [0.25, 0.3) is 11.3 Å². The molecule has 0 bridgehead atoms.